The molecule has 2 rings (SSSR count). The molecular weight excluding hydrogens is 192 g/mol. The Morgan fingerprint density at radius 2 is 2.46 bits per heavy atom. The van der Waals surface area contributed by atoms with E-state index >= 15 is 0 Å². The molecule has 5 nitrogen and oxygen atoms in total. The van der Waals surface area contributed by atoms with Crippen molar-refractivity contribution >= 4 is 23.6 Å². The average molecular weight is 200 g/mol. The van der Waals surface area contributed by atoms with E-state index in [1.165, 1.54) is 22.7 Å². The normalized spacial score (nSPS) is 31.8. The number of β-lactam (4-membered cyclic amide) rings is 1. The van der Waals surface area contributed by atoms with Gasteiger partial charge in [-0.15, -0.1) is 0 Å². The quantitative estimate of drug-likeness (QED) is 0.560. The van der Waals surface area contributed by atoms with E-state index in [4.69, 9.17) is 10.8 Å². The fraction of sp³-hybridized carbons (Fsp3) is 0.429. The van der Waals surface area contributed by atoms with Gasteiger partial charge in [-0.2, -0.15) is 0 Å². The first-order valence-corrected chi connectivity index (χ1v) is 4.65. The Labute approximate surface area is 78.6 Å². The second-order valence-electron chi connectivity index (χ2n) is 2.93. The van der Waals surface area contributed by atoms with E-state index in [0.717, 1.165) is 0 Å². The zero-order chi connectivity index (χ0) is 9.59. The van der Waals surface area contributed by atoms with Gasteiger partial charge in [0.15, 0.2) is 6.04 Å². The largest absolute Gasteiger partial charge is 0.479 e. The third-order valence-electron chi connectivity index (χ3n) is 2.09. The fourth-order valence-corrected chi connectivity index (χ4v) is 2.57. The molecular formula is C7H8N2O3S. The predicted molar refractivity (Wildman–Crippen MR) is 46.5 cm³/mol. The van der Waals surface area contributed by atoms with E-state index < -0.39 is 12.0 Å². The first kappa shape index (κ1) is 8.43. The highest BCUT2D eigenvalue weighted by Gasteiger charge is 2.46. The lowest BCUT2D eigenvalue weighted by Gasteiger charge is -2.45. The summed E-state index contributed by atoms with van der Waals surface area (Å²) in [5, 5.41) is 9.21. The van der Waals surface area contributed by atoms with E-state index in [1.807, 2.05) is 0 Å². The summed E-state index contributed by atoms with van der Waals surface area (Å²) in [5.41, 5.74) is 5.52. The molecule has 3 N–H and O–H groups in total. The molecule has 70 valence electrons. The molecule has 0 aromatic heterocycles. The second kappa shape index (κ2) is 2.66. The molecule has 13 heavy (non-hydrogen) atoms. The number of fused-ring (bicyclic) bond motifs is 1. The predicted octanol–water partition coefficient (Wildman–Crippen LogP) is -0.455. The molecule has 2 heterocycles. The summed E-state index contributed by atoms with van der Waals surface area (Å²) in [4.78, 5) is 23.1. The van der Waals surface area contributed by atoms with Gasteiger partial charge in [0.1, 0.15) is 0 Å². The van der Waals surface area contributed by atoms with Gasteiger partial charge in [0.2, 0.25) is 5.91 Å². The first-order valence-electron chi connectivity index (χ1n) is 3.77. The summed E-state index contributed by atoms with van der Waals surface area (Å²) in [6, 6.07) is -0.868. The van der Waals surface area contributed by atoms with Gasteiger partial charge < -0.3 is 15.7 Å². The number of hydrogen-bond acceptors (Lipinski definition) is 4. The highest BCUT2D eigenvalue weighted by atomic mass is 32.2. The monoisotopic (exact) mass is 200 g/mol. The third kappa shape index (κ3) is 1.17. The van der Waals surface area contributed by atoms with Gasteiger partial charge in [-0.25, -0.2) is 4.79 Å². The lowest BCUT2D eigenvalue weighted by Crippen LogP contribution is -2.59. The number of nitrogens with zero attached hydrogens (tertiary/aromatic N) is 1. The topological polar surface area (TPSA) is 83.6 Å². The van der Waals surface area contributed by atoms with Crippen LogP contribution < -0.4 is 5.73 Å². The minimum absolute atomic E-state index is 0.0707. The van der Waals surface area contributed by atoms with Gasteiger partial charge in [0.05, 0.1) is 16.8 Å². The highest BCUT2D eigenvalue weighted by Crippen LogP contribution is 2.38. The number of amides is 1. The van der Waals surface area contributed by atoms with Crippen LogP contribution in [0.5, 0.6) is 0 Å². The smallest absolute Gasteiger partial charge is 0.330 e. The van der Waals surface area contributed by atoms with Crippen LogP contribution in [0.2, 0.25) is 0 Å². The Bertz CT molecular complexity index is 315. The van der Waals surface area contributed by atoms with E-state index in [-0.39, 0.29) is 11.3 Å². The van der Waals surface area contributed by atoms with Gasteiger partial charge in [-0.05, 0) is 6.08 Å². The highest BCUT2D eigenvalue weighted by molar-refractivity contribution is 8.03. The Balaban J connectivity index is 2.27. The van der Waals surface area contributed by atoms with Crippen LogP contribution in [-0.4, -0.2) is 33.3 Å². The SMILES string of the molecule is NC1=C[C@H](C(=O)O)N2C(=O)C[C@H]2S1. The second-order valence-corrected chi connectivity index (χ2v) is 4.18. The van der Waals surface area contributed by atoms with Crippen molar-refractivity contribution in [1.82, 2.24) is 4.90 Å². The molecule has 0 aromatic carbocycles. The molecule has 0 spiro atoms. The molecule has 2 atom stereocenters. The maximum absolute atomic E-state index is 11.1. The minimum atomic E-state index is -1.03. The number of carboxylic acid groups (broad SMARTS) is 1. The Morgan fingerprint density at radius 1 is 1.77 bits per heavy atom. The number of carbonyl (C=O) groups is 2. The first-order chi connectivity index (χ1) is 6.09. The van der Waals surface area contributed by atoms with Crippen LogP contribution in [0.15, 0.2) is 11.1 Å². The number of carbonyl (C=O) groups excluding carboxylic acids is 1. The van der Waals surface area contributed by atoms with Crippen LogP contribution in [0, 0.1) is 0 Å². The van der Waals surface area contributed by atoms with Crippen molar-refractivity contribution in [3.63, 3.8) is 0 Å². The lowest BCUT2D eigenvalue weighted by atomic mass is 10.1. The van der Waals surface area contributed by atoms with Crippen molar-refractivity contribution in [2.45, 2.75) is 17.8 Å². The van der Waals surface area contributed by atoms with Crippen LogP contribution in [0.25, 0.3) is 0 Å². The number of carboxylic acids is 1. The molecule has 1 fully saturated rings. The van der Waals surface area contributed by atoms with Gasteiger partial charge in [0, 0.05) is 0 Å². The maximum atomic E-state index is 11.1. The summed E-state index contributed by atoms with van der Waals surface area (Å²) >= 11 is 1.34. The summed E-state index contributed by atoms with van der Waals surface area (Å²) in [6.07, 6.45) is 1.80. The van der Waals surface area contributed by atoms with Gasteiger partial charge in [-0.1, -0.05) is 11.8 Å². The van der Waals surface area contributed by atoms with Gasteiger partial charge in [-0.3, -0.25) is 4.79 Å². The van der Waals surface area contributed by atoms with Gasteiger partial charge in [0.25, 0.3) is 0 Å². The van der Waals surface area contributed by atoms with Crippen molar-refractivity contribution in [1.29, 1.82) is 0 Å². The number of hydrogen-bond donors (Lipinski definition) is 2. The Morgan fingerprint density at radius 3 is 3.00 bits per heavy atom. The lowest BCUT2D eigenvalue weighted by molar-refractivity contribution is -0.155. The number of thioether (sulfide) groups is 1. The summed E-state index contributed by atoms with van der Waals surface area (Å²) in [7, 11) is 0. The third-order valence-corrected chi connectivity index (χ3v) is 3.17. The molecule has 0 radical (unpaired) electrons. The molecule has 1 saturated heterocycles. The fourth-order valence-electron chi connectivity index (χ4n) is 1.46. The molecule has 0 unspecified atom stereocenters. The summed E-state index contributed by atoms with van der Waals surface area (Å²) in [5.74, 6) is -1.14. The molecule has 0 bridgehead atoms. The van der Waals surface area contributed by atoms with E-state index in [9.17, 15) is 9.59 Å². The van der Waals surface area contributed by atoms with Crippen molar-refractivity contribution in [3.8, 4) is 0 Å². The maximum Gasteiger partial charge on any atom is 0.330 e. The van der Waals surface area contributed by atoms with Crippen LogP contribution >= 0.6 is 11.8 Å². The standard InChI is InChI=1S/C7H8N2O3S/c8-4-1-3(7(11)12)9-5(10)2-6(9)13-4/h1,3,6H,2,8H2,(H,11,12)/t3-,6-/m1/s1. The van der Waals surface area contributed by atoms with Crippen molar-refractivity contribution < 1.29 is 14.7 Å². The summed E-state index contributed by atoms with van der Waals surface area (Å²) in [6.45, 7) is 0. The molecule has 0 aromatic rings. The van der Waals surface area contributed by atoms with Crippen LogP contribution in [0.1, 0.15) is 6.42 Å². The van der Waals surface area contributed by atoms with Gasteiger partial charge >= 0.3 is 5.97 Å². The van der Waals surface area contributed by atoms with Crippen LogP contribution in [0.3, 0.4) is 0 Å². The Hall–Kier alpha value is -1.17. The average Bonchev–Trinajstić information content (AvgIpc) is 2.01. The van der Waals surface area contributed by atoms with Crippen LogP contribution in [0.4, 0.5) is 0 Å². The summed E-state index contributed by atoms with van der Waals surface area (Å²) < 4.78 is 0. The zero-order valence-electron chi connectivity index (χ0n) is 6.64. The molecule has 6 heteroatoms. The van der Waals surface area contributed by atoms with Crippen molar-refractivity contribution in [2.24, 2.45) is 5.73 Å². The molecule has 2 aliphatic heterocycles. The van der Waals surface area contributed by atoms with E-state index in [2.05, 4.69) is 0 Å². The van der Waals surface area contributed by atoms with Crippen LogP contribution in [-0.2, 0) is 9.59 Å². The zero-order valence-corrected chi connectivity index (χ0v) is 7.45. The molecule has 0 aliphatic carbocycles. The number of aliphatic carboxylic acids is 1. The molecule has 0 saturated carbocycles. The Kier molecular flexibility index (Phi) is 1.73. The number of rotatable bonds is 1. The van der Waals surface area contributed by atoms with Crippen molar-refractivity contribution in [3.05, 3.63) is 11.1 Å². The van der Waals surface area contributed by atoms with E-state index in [1.54, 1.807) is 0 Å². The minimum Gasteiger partial charge on any atom is -0.479 e. The van der Waals surface area contributed by atoms with Crippen molar-refractivity contribution in [2.75, 3.05) is 0 Å². The molecule has 2 aliphatic rings. The van der Waals surface area contributed by atoms with E-state index in [0.29, 0.717) is 11.4 Å². The number of nitrogens with two attached hydrogens (primary N) is 1. The molecule has 1 amide bonds.